The summed E-state index contributed by atoms with van der Waals surface area (Å²) in [6.07, 6.45) is 0.239. The van der Waals surface area contributed by atoms with Crippen LogP contribution in [0, 0.1) is 0 Å². The van der Waals surface area contributed by atoms with Crippen LogP contribution in [-0.2, 0) is 9.63 Å². The fourth-order valence-electron chi connectivity index (χ4n) is 0.562. The minimum absolute atomic E-state index is 0.239. The van der Waals surface area contributed by atoms with Gasteiger partial charge in [0.05, 0.1) is 13.0 Å². The number of hydrogen-bond acceptors (Lipinski definition) is 3. The summed E-state index contributed by atoms with van der Waals surface area (Å²) in [5.74, 6) is -0.409. The van der Waals surface area contributed by atoms with Crippen LogP contribution in [0.1, 0.15) is 6.42 Å². The molecule has 0 aromatic heterocycles. The summed E-state index contributed by atoms with van der Waals surface area (Å²) >= 11 is 0. The smallest absolute Gasteiger partial charge is 0.348 e. The Hall–Kier alpha value is -1.26. The molecule has 0 atom stereocenters. The van der Waals surface area contributed by atoms with Crippen LogP contribution in [0.3, 0.4) is 0 Å². The molecule has 1 heterocycles. The number of carbonyl (C=O) groups excluding carboxylic acids is 2. The molecule has 2 amide bonds. The number of rotatable bonds is 0. The average molecular weight is 130 g/mol. The standard InChI is InChI=1S/C4H6N2O3/c5-4(8)6-2-1-3(7)9-6/h1-2H2,(H2,5,8). The lowest BCUT2D eigenvalue weighted by molar-refractivity contribution is -0.159. The topological polar surface area (TPSA) is 72.6 Å². The van der Waals surface area contributed by atoms with Crippen LogP contribution in [0.15, 0.2) is 0 Å². The summed E-state index contributed by atoms with van der Waals surface area (Å²) in [7, 11) is 0. The third kappa shape index (κ3) is 1.10. The van der Waals surface area contributed by atoms with Gasteiger partial charge in [-0.1, -0.05) is 0 Å². The maximum Gasteiger partial charge on any atom is 0.348 e. The first kappa shape index (κ1) is 5.87. The van der Waals surface area contributed by atoms with Crippen molar-refractivity contribution in [3.8, 4) is 0 Å². The Morgan fingerprint density at radius 2 is 2.44 bits per heavy atom. The zero-order chi connectivity index (χ0) is 6.85. The number of nitrogens with two attached hydrogens (primary N) is 1. The molecule has 1 fully saturated rings. The molecule has 5 heteroatoms. The average Bonchev–Trinajstić information content (AvgIpc) is 2.14. The molecule has 50 valence electrons. The van der Waals surface area contributed by atoms with Gasteiger partial charge in [0.2, 0.25) is 0 Å². The van der Waals surface area contributed by atoms with E-state index in [0.717, 1.165) is 5.06 Å². The van der Waals surface area contributed by atoms with Gasteiger partial charge < -0.3 is 10.6 Å². The van der Waals surface area contributed by atoms with Crippen molar-refractivity contribution in [2.75, 3.05) is 6.54 Å². The molecule has 9 heavy (non-hydrogen) atoms. The Morgan fingerprint density at radius 1 is 1.78 bits per heavy atom. The molecule has 0 aromatic rings. The number of nitrogens with zero attached hydrogens (tertiary/aromatic N) is 1. The third-order valence-electron chi connectivity index (χ3n) is 0.977. The minimum atomic E-state index is -0.721. The monoisotopic (exact) mass is 130 g/mol. The number of urea groups is 1. The molecule has 5 nitrogen and oxygen atoms in total. The van der Waals surface area contributed by atoms with Gasteiger partial charge in [0.15, 0.2) is 0 Å². The maximum atomic E-state index is 10.3. The normalized spacial score (nSPS) is 17.8. The predicted molar refractivity (Wildman–Crippen MR) is 27.0 cm³/mol. The van der Waals surface area contributed by atoms with Gasteiger partial charge >= 0.3 is 12.0 Å². The first-order valence-corrected chi connectivity index (χ1v) is 2.48. The van der Waals surface area contributed by atoms with Crippen molar-refractivity contribution in [2.45, 2.75) is 6.42 Å². The number of primary amides is 1. The first-order valence-electron chi connectivity index (χ1n) is 2.48. The number of carbonyl (C=O) groups is 2. The molecule has 0 aromatic carbocycles. The first-order chi connectivity index (χ1) is 4.20. The van der Waals surface area contributed by atoms with Crippen LogP contribution in [0.2, 0.25) is 0 Å². The van der Waals surface area contributed by atoms with Crippen LogP contribution in [0.5, 0.6) is 0 Å². The molecule has 0 unspecified atom stereocenters. The zero-order valence-corrected chi connectivity index (χ0v) is 4.66. The van der Waals surface area contributed by atoms with E-state index in [1.807, 2.05) is 0 Å². The van der Waals surface area contributed by atoms with Crippen molar-refractivity contribution in [1.29, 1.82) is 0 Å². The summed E-state index contributed by atoms with van der Waals surface area (Å²) in [6, 6.07) is -0.721. The van der Waals surface area contributed by atoms with E-state index in [1.54, 1.807) is 0 Å². The summed E-state index contributed by atoms with van der Waals surface area (Å²) < 4.78 is 0. The Morgan fingerprint density at radius 3 is 2.67 bits per heavy atom. The fraction of sp³-hybridized carbons (Fsp3) is 0.500. The van der Waals surface area contributed by atoms with Gasteiger partial charge in [-0.15, -0.1) is 0 Å². The Bertz CT molecular complexity index is 156. The van der Waals surface area contributed by atoms with Crippen molar-refractivity contribution >= 4 is 12.0 Å². The van der Waals surface area contributed by atoms with Crippen LogP contribution in [0.25, 0.3) is 0 Å². The molecule has 2 N–H and O–H groups in total. The lowest BCUT2D eigenvalue weighted by atomic mass is 10.5. The molecule has 1 rings (SSSR count). The van der Waals surface area contributed by atoms with Crippen molar-refractivity contribution in [2.24, 2.45) is 5.73 Å². The van der Waals surface area contributed by atoms with E-state index >= 15 is 0 Å². The van der Waals surface area contributed by atoms with Gasteiger partial charge in [-0.2, -0.15) is 5.06 Å². The Labute approximate surface area is 51.3 Å². The third-order valence-corrected chi connectivity index (χ3v) is 0.977. The van der Waals surface area contributed by atoms with E-state index in [2.05, 4.69) is 4.84 Å². The molecule has 1 aliphatic rings. The van der Waals surface area contributed by atoms with E-state index in [4.69, 9.17) is 5.73 Å². The van der Waals surface area contributed by atoms with E-state index in [0.29, 0.717) is 0 Å². The van der Waals surface area contributed by atoms with E-state index in [-0.39, 0.29) is 13.0 Å². The highest BCUT2D eigenvalue weighted by atomic mass is 16.7. The van der Waals surface area contributed by atoms with Gasteiger partial charge in [0, 0.05) is 0 Å². The van der Waals surface area contributed by atoms with E-state index < -0.39 is 12.0 Å². The fourth-order valence-corrected chi connectivity index (χ4v) is 0.562. The molecule has 1 aliphatic heterocycles. The molecule has 0 aliphatic carbocycles. The molecule has 0 saturated carbocycles. The maximum absolute atomic E-state index is 10.3. The highest BCUT2D eigenvalue weighted by Gasteiger charge is 2.23. The summed E-state index contributed by atoms with van der Waals surface area (Å²) in [4.78, 5) is 24.8. The van der Waals surface area contributed by atoms with Crippen molar-refractivity contribution < 1.29 is 14.4 Å². The lowest BCUT2D eigenvalue weighted by Gasteiger charge is -2.07. The van der Waals surface area contributed by atoms with Crippen LogP contribution in [-0.4, -0.2) is 23.6 Å². The number of hydrogen-bond donors (Lipinski definition) is 1. The largest absolute Gasteiger partial charge is 0.349 e. The Kier molecular flexibility index (Phi) is 1.26. The Balaban J connectivity index is 2.48. The lowest BCUT2D eigenvalue weighted by Crippen LogP contribution is -2.32. The summed E-state index contributed by atoms with van der Waals surface area (Å²) in [5, 5.41) is 0.836. The summed E-state index contributed by atoms with van der Waals surface area (Å²) in [6.45, 7) is 0.272. The van der Waals surface area contributed by atoms with Gasteiger partial charge in [-0.05, 0) is 0 Å². The van der Waals surface area contributed by atoms with E-state index in [1.165, 1.54) is 0 Å². The molecule has 0 spiro atoms. The van der Waals surface area contributed by atoms with Crippen LogP contribution in [0.4, 0.5) is 4.79 Å². The summed E-state index contributed by atoms with van der Waals surface area (Å²) in [5.41, 5.74) is 4.77. The zero-order valence-electron chi connectivity index (χ0n) is 4.66. The minimum Gasteiger partial charge on any atom is -0.349 e. The SMILES string of the molecule is NC(=O)N1CCC(=O)O1. The number of hydroxylamine groups is 2. The second kappa shape index (κ2) is 1.93. The molecule has 1 saturated heterocycles. The highest BCUT2D eigenvalue weighted by Crippen LogP contribution is 2.03. The molecular weight excluding hydrogens is 124 g/mol. The molecule has 0 radical (unpaired) electrons. The molecule has 0 bridgehead atoms. The van der Waals surface area contributed by atoms with E-state index in [9.17, 15) is 9.59 Å². The van der Waals surface area contributed by atoms with Crippen molar-refractivity contribution in [1.82, 2.24) is 5.06 Å². The number of amides is 2. The van der Waals surface area contributed by atoms with Gasteiger partial charge in [-0.3, -0.25) is 0 Å². The van der Waals surface area contributed by atoms with Gasteiger partial charge in [0.1, 0.15) is 0 Å². The van der Waals surface area contributed by atoms with Gasteiger partial charge in [0.25, 0.3) is 0 Å². The van der Waals surface area contributed by atoms with Crippen molar-refractivity contribution in [3.05, 3.63) is 0 Å². The van der Waals surface area contributed by atoms with Crippen LogP contribution >= 0.6 is 0 Å². The molecular formula is C4H6N2O3. The predicted octanol–water partition coefficient (Wildman–Crippen LogP) is -0.771. The van der Waals surface area contributed by atoms with Crippen molar-refractivity contribution in [3.63, 3.8) is 0 Å². The second-order valence-corrected chi connectivity index (χ2v) is 1.65. The second-order valence-electron chi connectivity index (χ2n) is 1.65. The van der Waals surface area contributed by atoms with Crippen LogP contribution < -0.4 is 5.73 Å². The van der Waals surface area contributed by atoms with Gasteiger partial charge in [-0.25, -0.2) is 9.59 Å². The highest BCUT2D eigenvalue weighted by molar-refractivity contribution is 5.78. The quantitative estimate of drug-likeness (QED) is 0.468.